The number of benzene rings is 1. The molecule has 0 aromatic heterocycles. The molecular weight excluding hydrogens is 368 g/mol. The molecule has 1 fully saturated rings. The molecule has 2 rings (SSSR count). The van der Waals surface area contributed by atoms with Gasteiger partial charge in [-0.1, -0.05) is 0 Å². The van der Waals surface area contributed by atoms with Crippen LogP contribution in [0.2, 0.25) is 0 Å². The van der Waals surface area contributed by atoms with E-state index in [4.69, 9.17) is 9.47 Å². The van der Waals surface area contributed by atoms with Crippen LogP contribution in [0.1, 0.15) is 19.4 Å². The van der Waals surface area contributed by atoms with Gasteiger partial charge >= 0.3 is 18.1 Å². The molecule has 26 heavy (non-hydrogen) atoms. The summed E-state index contributed by atoms with van der Waals surface area (Å²) in [5.41, 5.74) is -4.33. The van der Waals surface area contributed by atoms with Gasteiger partial charge in [-0.05, 0) is 6.07 Å². The molecule has 1 aromatic carbocycles. The lowest BCUT2D eigenvalue weighted by atomic mass is 10.1. The van der Waals surface area contributed by atoms with Gasteiger partial charge in [0.25, 0.3) is 11.5 Å². The van der Waals surface area contributed by atoms with Gasteiger partial charge in [-0.3, -0.25) is 10.1 Å². The molecule has 0 unspecified atom stereocenters. The number of rotatable bonds is 3. The van der Waals surface area contributed by atoms with E-state index in [1.165, 1.54) is 13.8 Å². The van der Waals surface area contributed by atoms with Crippen molar-refractivity contribution in [3.63, 3.8) is 0 Å². The zero-order valence-electron chi connectivity index (χ0n) is 13.1. The highest BCUT2D eigenvalue weighted by Crippen LogP contribution is 2.37. The highest BCUT2D eigenvalue weighted by molar-refractivity contribution is 6.15. The molecule has 0 aliphatic carbocycles. The predicted molar refractivity (Wildman–Crippen MR) is 76.0 cm³/mol. The van der Waals surface area contributed by atoms with Crippen molar-refractivity contribution >= 4 is 23.3 Å². The molecule has 1 saturated heterocycles. The summed E-state index contributed by atoms with van der Waals surface area (Å²) in [5, 5.41) is 12.9. The molecule has 0 spiro atoms. The number of carbonyl (C=O) groups excluding carboxylic acids is 2. The summed E-state index contributed by atoms with van der Waals surface area (Å²) in [5.74, 6) is -5.70. The molecule has 1 N–H and O–H groups in total. The van der Waals surface area contributed by atoms with Gasteiger partial charge in [0.1, 0.15) is 11.5 Å². The van der Waals surface area contributed by atoms with E-state index in [0.29, 0.717) is 6.20 Å². The number of esters is 2. The van der Waals surface area contributed by atoms with Gasteiger partial charge in [-0.25, -0.2) is 14.0 Å². The molecule has 0 bridgehead atoms. The Kier molecular flexibility index (Phi) is 4.62. The molecule has 12 heteroatoms. The van der Waals surface area contributed by atoms with Crippen molar-refractivity contribution in [1.29, 1.82) is 0 Å². The minimum Gasteiger partial charge on any atom is -0.419 e. The maximum absolute atomic E-state index is 13.5. The summed E-state index contributed by atoms with van der Waals surface area (Å²) in [6, 6.07) is 0.220. The molecule has 0 saturated carbocycles. The number of hydrogen-bond acceptors (Lipinski definition) is 7. The minimum absolute atomic E-state index is 0.0737. The number of nitro benzene ring substituents is 1. The summed E-state index contributed by atoms with van der Waals surface area (Å²) in [4.78, 5) is 33.3. The van der Waals surface area contributed by atoms with Gasteiger partial charge in [0.15, 0.2) is 5.57 Å². The third-order valence-electron chi connectivity index (χ3n) is 3.08. The normalized spacial score (nSPS) is 16.6. The van der Waals surface area contributed by atoms with Crippen LogP contribution >= 0.6 is 0 Å². The second-order valence-corrected chi connectivity index (χ2v) is 5.49. The molecule has 8 nitrogen and oxygen atoms in total. The smallest absolute Gasteiger partial charge is 0.419 e. The quantitative estimate of drug-likeness (QED) is 0.215. The minimum atomic E-state index is -5.12. The molecule has 140 valence electrons. The highest BCUT2D eigenvalue weighted by atomic mass is 19.4. The zero-order valence-corrected chi connectivity index (χ0v) is 13.1. The van der Waals surface area contributed by atoms with Gasteiger partial charge in [0.2, 0.25) is 0 Å². The van der Waals surface area contributed by atoms with Crippen LogP contribution in [-0.2, 0) is 25.2 Å². The molecule has 0 radical (unpaired) electrons. The maximum atomic E-state index is 13.5. The van der Waals surface area contributed by atoms with Gasteiger partial charge in [-0.2, -0.15) is 13.2 Å². The van der Waals surface area contributed by atoms with Crippen LogP contribution in [0.15, 0.2) is 23.9 Å². The van der Waals surface area contributed by atoms with Crippen molar-refractivity contribution in [2.75, 3.05) is 5.32 Å². The molecule has 0 atom stereocenters. The van der Waals surface area contributed by atoms with Crippen LogP contribution in [0.4, 0.5) is 28.9 Å². The Balaban J connectivity index is 2.44. The van der Waals surface area contributed by atoms with Crippen LogP contribution in [0, 0.1) is 15.9 Å². The predicted octanol–water partition coefficient (Wildman–Crippen LogP) is 2.88. The Labute approximate surface area is 142 Å². The lowest BCUT2D eigenvalue weighted by Gasteiger charge is -2.29. The van der Waals surface area contributed by atoms with Gasteiger partial charge in [0, 0.05) is 20.0 Å². The summed E-state index contributed by atoms with van der Waals surface area (Å²) < 4.78 is 61.3. The van der Waals surface area contributed by atoms with Crippen molar-refractivity contribution in [1.82, 2.24) is 0 Å². The van der Waals surface area contributed by atoms with E-state index in [-0.39, 0.29) is 12.1 Å². The number of nitro groups is 1. The Morgan fingerprint density at radius 2 is 1.73 bits per heavy atom. The summed E-state index contributed by atoms with van der Waals surface area (Å²) in [6.07, 6.45) is -4.53. The number of carbonyl (C=O) groups is 2. The largest absolute Gasteiger partial charge is 0.419 e. The average molecular weight is 378 g/mol. The molecule has 0 amide bonds. The van der Waals surface area contributed by atoms with Crippen molar-refractivity contribution in [3.05, 3.63) is 45.4 Å². The summed E-state index contributed by atoms with van der Waals surface area (Å²) in [6.45, 7) is 2.54. The third kappa shape index (κ3) is 3.90. The number of hydrogen-bond donors (Lipinski definition) is 1. The Morgan fingerprint density at radius 1 is 1.19 bits per heavy atom. The first kappa shape index (κ1) is 19.1. The Hall–Kier alpha value is -3.18. The van der Waals surface area contributed by atoms with Gasteiger partial charge in [0.05, 0.1) is 16.6 Å². The first-order valence-electron chi connectivity index (χ1n) is 6.80. The lowest BCUT2D eigenvalue weighted by Crippen LogP contribution is -2.42. The van der Waals surface area contributed by atoms with E-state index in [2.05, 4.69) is 0 Å². The first-order chi connectivity index (χ1) is 11.8. The standard InChI is InChI=1S/C14H10F4N2O6/c1-13(2)25-11(21)6(12(22)26-13)5-19-9-3-7(14(16,17)18)8(15)4-10(9)20(23)24/h3-5,19H,1-2H3. The molecule has 1 aliphatic rings. The topological polar surface area (TPSA) is 108 Å². The summed E-state index contributed by atoms with van der Waals surface area (Å²) in [7, 11) is 0. The van der Waals surface area contributed by atoms with Crippen LogP contribution in [0.3, 0.4) is 0 Å². The van der Waals surface area contributed by atoms with Crippen molar-refractivity contribution in [2.24, 2.45) is 0 Å². The maximum Gasteiger partial charge on any atom is 0.419 e. The number of nitrogens with zero attached hydrogens (tertiary/aromatic N) is 1. The average Bonchev–Trinajstić information content (AvgIpc) is 2.44. The second kappa shape index (κ2) is 6.28. The number of nitrogens with one attached hydrogen (secondary N) is 1. The number of cyclic esters (lactones) is 2. The second-order valence-electron chi connectivity index (χ2n) is 5.49. The number of ether oxygens (including phenoxy) is 2. The molecule has 1 aliphatic heterocycles. The Bertz CT molecular complexity index is 809. The molecule has 1 aromatic rings. The van der Waals surface area contributed by atoms with Gasteiger partial charge in [-0.15, -0.1) is 0 Å². The highest BCUT2D eigenvalue weighted by Gasteiger charge is 2.39. The van der Waals surface area contributed by atoms with Crippen molar-refractivity contribution < 1.29 is 41.5 Å². The fourth-order valence-electron chi connectivity index (χ4n) is 1.98. The van der Waals surface area contributed by atoms with E-state index in [9.17, 15) is 37.3 Å². The number of anilines is 1. The van der Waals surface area contributed by atoms with Crippen LogP contribution in [0.5, 0.6) is 0 Å². The van der Waals surface area contributed by atoms with Crippen LogP contribution in [0.25, 0.3) is 0 Å². The van der Waals surface area contributed by atoms with E-state index < -0.39 is 57.2 Å². The Morgan fingerprint density at radius 3 is 2.19 bits per heavy atom. The van der Waals surface area contributed by atoms with Crippen LogP contribution in [-0.4, -0.2) is 22.6 Å². The van der Waals surface area contributed by atoms with E-state index in [1.54, 1.807) is 0 Å². The number of alkyl halides is 3. The first-order valence-corrected chi connectivity index (χ1v) is 6.80. The number of halogens is 4. The molecule has 1 heterocycles. The fourth-order valence-corrected chi connectivity index (χ4v) is 1.98. The monoisotopic (exact) mass is 378 g/mol. The molecular formula is C14H10F4N2O6. The lowest BCUT2D eigenvalue weighted by molar-refractivity contribution is -0.384. The van der Waals surface area contributed by atoms with Crippen molar-refractivity contribution in [3.8, 4) is 0 Å². The fraction of sp³-hybridized carbons (Fsp3) is 0.286. The van der Waals surface area contributed by atoms with E-state index in [1.807, 2.05) is 5.32 Å². The third-order valence-corrected chi connectivity index (χ3v) is 3.08. The van der Waals surface area contributed by atoms with Crippen molar-refractivity contribution in [2.45, 2.75) is 25.8 Å². The summed E-state index contributed by atoms with van der Waals surface area (Å²) >= 11 is 0. The SMILES string of the molecule is CC1(C)OC(=O)C(=CNc2cc(C(F)(F)F)c(F)cc2[N+](=O)[O-])C(=O)O1. The van der Waals surface area contributed by atoms with E-state index >= 15 is 0 Å². The van der Waals surface area contributed by atoms with Crippen LogP contribution < -0.4 is 5.32 Å². The van der Waals surface area contributed by atoms with E-state index in [0.717, 1.165) is 0 Å². The van der Waals surface area contributed by atoms with Gasteiger partial charge < -0.3 is 14.8 Å². The zero-order chi connectivity index (χ0) is 19.9.